The van der Waals surface area contributed by atoms with Crippen molar-refractivity contribution in [3.05, 3.63) is 42.2 Å². The Bertz CT molecular complexity index is 486. The molecule has 0 aromatic carbocycles. The zero-order valence-corrected chi connectivity index (χ0v) is 11.8. The Morgan fingerprint density at radius 2 is 1.85 bits per heavy atom. The van der Waals surface area contributed by atoms with Gasteiger partial charge in [-0.15, -0.1) is 6.58 Å². The van der Waals surface area contributed by atoms with E-state index in [0.29, 0.717) is 24.2 Å². The molecule has 1 aromatic heterocycles. The highest BCUT2D eigenvalue weighted by Gasteiger charge is 2.10. The van der Waals surface area contributed by atoms with Crippen LogP contribution in [-0.4, -0.2) is 55.4 Å². The van der Waals surface area contributed by atoms with Crippen LogP contribution >= 0.6 is 0 Å². The van der Waals surface area contributed by atoms with Gasteiger partial charge in [-0.1, -0.05) is 6.08 Å². The van der Waals surface area contributed by atoms with Crippen molar-refractivity contribution in [1.29, 1.82) is 0 Å². The first kappa shape index (κ1) is 15.8. The summed E-state index contributed by atoms with van der Waals surface area (Å²) in [6.45, 7) is 5.18. The maximum atomic E-state index is 11.9. The Kier molecular flexibility index (Phi) is 6.39. The summed E-state index contributed by atoms with van der Waals surface area (Å²) in [5.41, 5.74) is 0.724. The number of carbonyl (C=O) groups excluding carboxylic acids is 2. The minimum absolute atomic E-state index is 0.238. The van der Waals surface area contributed by atoms with E-state index in [9.17, 15) is 9.59 Å². The van der Waals surface area contributed by atoms with Crippen LogP contribution in [0.15, 0.2) is 31.1 Å². The predicted molar refractivity (Wildman–Crippen MR) is 77.7 cm³/mol. The zero-order valence-electron chi connectivity index (χ0n) is 11.8. The van der Waals surface area contributed by atoms with E-state index in [2.05, 4.69) is 22.2 Å². The second kappa shape index (κ2) is 8.06. The fraction of sp³-hybridized carbons (Fsp3) is 0.357. The molecule has 0 saturated heterocycles. The van der Waals surface area contributed by atoms with Gasteiger partial charge in [0.15, 0.2) is 0 Å². The first-order valence-electron chi connectivity index (χ1n) is 6.31. The number of nitrogens with one attached hydrogen (secondary N) is 2. The topological polar surface area (TPSA) is 74.3 Å². The fourth-order valence-electron chi connectivity index (χ4n) is 1.45. The normalized spacial score (nSPS) is 10.2. The Hall–Kier alpha value is -2.21. The van der Waals surface area contributed by atoms with Crippen LogP contribution < -0.4 is 10.6 Å². The van der Waals surface area contributed by atoms with Crippen molar-refractivity contribution in [2.24, 2.45) is 0 Å². The molecule has 0 aliphatic heterocycles. The van der Waals surface area contributed by atoms with E-state index in [1.807, 2.05) is 19.0 Å². The Labute approximate surface area is 118 Å². The van der Waals surface area contributed by atoms with Crippen LogP contribution in [-0.2, 0) is 0 Å². The molecular weight excluding hydrogens is 256 g/mol. The van der Waals surface area contributed by atoms with Crippen LogP contribution in [0.25, 0.3) is 0 Å². The van der Waals surface area contributed by atoms with Crippen molar-refractivity contribution in [2.75, 3.05) is 33.7 Å². The highest BCUT2D eigenvalue weighted by atomic mass is 16.2. The Morgan fingerprint density at radius 3 is 2.40 bits per heavy atom. The molecule has 6 heteroatoms. The summed E-state index contributed by atoms with van der Waals surface area (Å²) in [7, 11) is 3.86. The standard InChI is InChI=1S/C14H20N4O2/c1-4-5-16-13(19)11-8-12(10-15-9-11)14(20)17-6-7-18(2)3/h4,8-10H,1,5-7H2,2-3H3,(H,16,19)(H,17,20). The van der Waals surface area contributed by atoms with E-state index in [1.54, 1.807) is 6.08 Å². The van der Waals surface area contributed by atoms with Crippen LogP contribution in [0.3, 0.4) is 0 Å². The number of nitrogens with zero attached hydrogens (tertiary/aromatic N) is 2. The molecule has 6 nitrogen and oxygen atoms in total. The van der Waals surface area contributed by atoms with E-state index in [1.165, 1.54) is 18.5 Å². The SMILES string of the molecule is C=CCNC(=O)c1cncc(C(=O)NCCN(C)C)c1. The number of likely N-dealkylation sites (N-methyl/N-ethyl adjacent to an activating group) is 1. The first-order chi connectivity index (χ1) is 9.54. The molecule has 0 unspecified atom stereocenters. The van der Waals surface area contributed by atoms with E-state index >= 15 is 0 Å². The molecule has 0 radical (unpaired) electrons. The molecule has 0 atom stereocenters. The van der Waals surface area contributed by atoms with Crippen molar-refractivity contribution in [1.82, 2.24) is 20.5 Å². The summed E-state index contributed by atoms with van der Waals surface area (Å²) in [6.07, 6.45) is 4.45. The molecule has 108 valence electrons. The lowest BCUT2D eigenvalue weighted by Gasteiger charge is -2.10. The second-order valence-corrected chi connectivity index (χ2v) is 4.52. The lowest BCUT2D eigenvalue weighted by molar-refractivity contribution is 0.0950. The Morgan fingerprint density at radius 1 is 1.25 bits per heavy atom. The highest BCUT2D eigenvalue weighted by molar-refractivity contribution is 5.99. The van der Waals surface area contributed by atoms with Gasteiger partial charge in [-0.05, 0) is 20.2 Å². The molecule has 0 fully saturated rings. The third-order valence-corrected chi connectivity index (χ3v) is 2.51. The van der Waals surface area contributed by atoms with Crippen LogP contribution in [0, 0.1) is 0 Å². The molecule has 1 aromatic rings. The average Bonchev–Trinajstić information content (AvgIpc) is 2.44. The summed E-state index contributed by atoms with van der Waals surface area (Å²) in [5, 5.41) is 5.41. The lowest BCUT2D eigenvalue weighted by Crippen LogP contribution is -2.31. The Balaban J connectivity index is 2.64. The molecule has 0 aliphatic carbocycles. The van der Waals surface area contributed by atoms with E-state index in [-0.39, 0.29) is 11.8 Å². The van der Waals surface area contributed by atoms with Gasteiger partial charge in [0.2, 0.25) is 0 Å². The van der Waals surface area contributed by atoms with Crippen molar-refractivity contribution in [3.8, 4) is 0 Å². The summed E-state index contributed by atoms with van der Waals surface area (Å²) >= 11 is 0. The van der Waals surface area contributed by atoms with E-state index < -0.39 is 0 Å². The minimum Gasteiger partial charge on any atom is -0.351 e. The van der Waals surface area contributed by atoms with Crippen molar-refractivity contribution < 1.29 is 9.59 Å². The number of carbonyl (C=O) groups is 2. The zero-order chi connectivity index (χ0) is 15.0. The molecule has 0 bridgehead atoms. The molecule has 1 heterocycles. The maximum absolute atomic E-state index is 11.9. The van der Waals surface area contributed by atoms with Gasteiger partial charge in [-0.25, -0.2) is 0 Å². The largest absolute Gasteiger partial charge is 0.351 e. The van der Waals surface area contributed by atoms with E-state index in [0.717, 1.165) is 6.54 Å². The molecular formula is C14H20N4O2. The van der Waals surface area contributed by atoms with Crippen LogP contribution in [0.5, 0.6) is 0 Å². The smallest absolute Gasteiger partial charge is 0.253 e. The average molecular weight is 276 g/mol. The molecule has 2 N–H and O–H groups in total. The number of aromatic nitrogens is 1. The lowest BCUT2D eigenvalue weighted by atomic mass is 10.2. The van der Waals surface area contributed by atoms with Gasteiger partial charge in [-0.3, -0.25) is 14.6 Å². The number of pyridine rings is 1. The van der Waals surface area contributed by atoms with Gasteiger partial charge in [0.05, 0.1) is 11.1 Å². The van der Waals surface area contributed by atoms with E-state index in [4.69, 9.17) is 0 Å². The molecule has 0 saturated carbocycles. The number of hydrogen-bond donors (Lipinski definition) is 2. The quantitative estimate of drug-likeness (QED) is 0.702. The molecule has 1 rings (SSSR count). The number of rotatable bonds is 7. The van der Waals surface area contributed by atoms with Crippen molar-refractivity contribution >= 4 is 11.8 Å². The van der Waals surface area contributed by atoms with Gasteiger partial charge >= 0.3 is 0 Å². The summed E-state index contributed by atoms with van der Waals surface area (Å²) in [5.74, 6) is -0.516. The molecule has 0 spiro atoms. The summed E-state index contributed by atoms with van der Waals surface area (Å²) in [4.78, 5) is 29.5. The molecule has 20 heavy (non-hydrogen) atoms. The highest BCUT2D eigenvalue weighted by Crippen LogP contribution is 2.02. The summed E-state index contributed by atoms with van der Waals surface area (Å²) in [6, 6.07) is 1.52. The van der Waals surface area contributed by atoms with Gasteiger partial charge in [0, 0.05) is 32.0 Å². The van der Waals surface area contributed by atoms with Crippen LogP contribution in [0.1, 0.15) is 20.7 Å². The molecule has 2 amide bonds. The van der Waals surface area contributed by atoms with Crippen molar-refractivity contribution in [3.63, 3.8) is 0 Å². The monoisotopic (exact) mass is 276 g/mol. The van der Waals surface area contributed by atoms with Gasteiger partial charge in [0.1, 0.15) is 0 Å². The summed E-state index contributed by atoms with van der Waals surface area (Å²) < 4.78 is 0. The molecule has 0 aliphatic rings. The number of hydrogen-bond acceptors (Lipinski definition) is 4. The first-order valence-corrected chi connectivity index (χ1v) is 6.31. The second-order valence-electron chi connectivity index (χ2n) is 4.52. The third kappa shape index (κ3) is 5.19. The van der Waals surface area contributed by atoms with Gasteiger partial charge < -0.3 is 15.5 Å². The van der Waals surface area contributed by atoms with Crippen LogP contribution in [0.2, 0.25) is 0 Å². The minimum atomic E-state index is -0.277. The van der Waals surface area contributed by atoms with Gasteiger partial charge in [-0.2, -0.15) is 0 Å². The fourth-order valence-corrected chi connectivity index (χ4v) is 1.45. The third-order valence-electron chi connectivity index (χ3n) is 2.51. The van der Waals surface area contributed by atoms with Gasteiger partial charge in [0.25, 0.3) is 11.8 Å². The number of amides is 2. The van der Waals surface area contributed by atoms with Crippen LogP contribution in [0.4, 0.5) is 0 Å². The predicted octanol–water partition coefficient (Wildman–Crippen LogP) is 0.289. The maximum Gasteiger partial charge on any atom is 0.253 e. The van der Waals surface area contributed by atoms with Crippen molar-refractivity contribution in [2.45, 2.75) is 0 Å².